The highest BCUT2D eigenvalue weighted by Crippen LogP contribution is 2.33. The molecule has 162 valence electrons. The van der Waals surface area contributed by atoms with Gasteiger partial charge in [0.05, 0.1) is 0 Å². The molecule has 1 heterocycles. The fraction of sp³-hybridized carbons (Fsp3) is 0.192. The van der Waals surface area contributed by atoms with Crippen LogP contribution in [0.5, 0.6) is 0 Å². The van der Waals surface area contributed by atoms with Gasteiger partial charge in [0.2, 0.25) is 5.91 Å². The highest BCUT2D eigenvalue weighted by Gasteiger charge is 2.52. The topological polar surface area (TPSA) is 78.5 Å². The molecule has 1 aliphatic rings. The molecule has 4 rings (SSSR count). The number of carbonyl (C=O) groups excluding carboxylic acids is 3. The Morgan fingerprint density at radius 1 is 0.875 bits per heavy atom. The van der Waals surface area contributed by atoms with Crippen LogP contribution in [0.3, 0.4) is 0 Å². The van der Waals surface area contributed by atoms with Crippen molar-refractivity contribution in [2.45, 2.75) is 25.3 Å². The Hall–Kier alpha value is -3.93. The molecule has 0 saturated carbocycles. The molecule has 1 unspecified atom stereocenters. The second kappa shape index (κ2) is 9.06. The monoisotopic (exact) mass is 427 g/mol. The number of nitrogens with one attached hydrogen (secondary N) is 2. The lowest BCUT2D eigenvalue weighted by molar-refractivity contribution is -0.134. The molecule has 0 radical (unpaired) electrons. The molecular weight excluding hydrogens is 402 g/mol. The van der Waals surface area contributed by atoms with E-state index in [1.54, 1.807) is 0 Å². The second-order valence-corrected chi connectivity index (χ2v) is 7.85. The average molecular weight is 428 g/mol. The highest BCUT2D eigenvalue weighted by molar-refractivity contribution is 6.10. The van der Waals surface area contributed by atoms with Gasteiger partial charge in [0, 0.05) is 12.1 Å². The second-order valence-electron chi connectivity index (χ2n) is 7.85. The Labute approximate surface area is 187 Å². The zero-order valence-corrected chi connectivity index (χ0v) is 17.9. The number of rotatable bonds is 7. The van der Waals surface area contributed by atoms with E-state index >= 15 is 0 Å². The average Bonchev–Trinajstić information content (AvgIpc) is 3.05. The molecule has 0 aliphatic carbocycles. The first-order valence-electron chi connectivity index (χ1n) is 10.6. The van der Waals surface area contributed by atoms with Crippen LogP contribution < -0.4 is 10.6 Å². The number of anilines is 1. The third-order valence-corrected chi connectivity index (χ3v) is 5.70. The summed E-state index contributed by atoms with van der Waals surface area (Å²) in [6, 6.07) is 25.6. The molecule has 0 spiro atoms. The van der Waals surface area contributed by atoms with Gasteiger partial charge in [-0.05, 0) is 35.2 Å². The largest absolute Gasteiger partial charge is 0.325 e. The van der Waals surface area contributed by atoms with Crippen LogP contribution in [0.25, 0.3) is 0 Å². The summed E-state index contributed by atoms with van der Waals surface area (Å²) in [7, 11) is 0. The van der Waals surface area contributed by atoms with Crippen molar-refractivity contribution >= 4 is 23.5 Å². The third-order valence-electron chi connectivity index (χ3n) is 5.70. The van der Waals surface area contributed by atoms with Crippen molar-refractivity contribution < 1.29 is 14.4 Å². The Kier molecular flexibility index (Phi) is 6.03. The standard InChI is InChI=1S/C26H25N3O3/c1-2-19-13-15-22(16-14-19)27-23(30)18-29-24(31)26(28-25(29)32,21-11-7-4-8-12-21)17-20-9-5-3-6-10-20/h3-16H,2,17-18H2,1H3,(H,27,30)(H,28,32). The fourth-order valence-electron chi connectivity index (χ4n) is 3.98. The van der Waals surface area contributed by atoms with E-state index in [0.29, 0.717) is 17.7 Å². The van der Waals surface area contributed by atoms with Crippen LogP contribution in [0.2, 0.25) is 0 Å². The summed E-state index contributed by atoms with van der Waals surface area (Å²) in [5, 5.41) is 5.64. The number of imide groups is 1. The van der Waals surface area contributed by atoms with Gasteiger partial charge in [-0.15, -0.1) is 0 Å². The molecule has 32 heavy (non-hydrogen) atoms. The predicted octanol–water partition coefficient (Wildman–Crippen LogP) is 3.88. The minimum Gasteiger partial charge on any atom is -0.325 e. The smallest absolute Gasteiger partial charge is 0.325 e. The number of hydrogen-bond donors (Lipinski definition) is 2. The first-order valence-corrected chi connectivity index (χ1v) is 10.6. The van der Waals surface area contributed by atoms with E-state index < -0.39 is 23.4 Å². The van der Waals surface area contributed by atoms with Crippen molar-refractivity contribution in [2.24, 2.45) is 0 Å². The van der Waals surface area contributed by atoms with E-state index in [0.717, 1.165) is 22.4 Å². The SMILES string of the molecule is CCc1ccc(NC(=O)CN2C(=O)NC(Cc3ccccc3)(c3ccccc3)C2=O)cc1. The van der Waals surface area contributed by atoms with Gasteiger partial charge in [0.25, 0.3) is 5.91 Å². The highest BCUT2D eigenvalue weighted by atomic mass is 16.2. The van der Waals surface area contributed by atoms with Crippen molar-refractivity contribution in [1.82, 2.24) is 10.2 Å². The number of benzene rings is 3. The molecule has 0 aromatic heterocycles. The summed E-state index contributed by atoms with van der Waals surface area (Å²) >= 11 is 0. The molecule has 0 bridgehead atoms. The number of urea groups is 1. The summed E-state index contributed by atoms with van der Waals surface area (Å²) in [5.41, 5.74) is 2.11. The summed E-state index contributed by atoms with van der Waals surface area (Å²) in [6.45, 7) is 1.70. The first kappa shape index (κ1) is 21.3. The van der Waals surface area contributed by atoms with E-state index in [-0.39, 0.29) is 6.54 Å². The maximum absolute atomic E-state index is 13.6. The van der Waals surface area contributed by atoms with E-state index in [2.05, 4.69) is 17.6 Å². The van der Waals surface area contributed by atoms with E-state index in [1.807, 2.05) is 84.9 Å². The fourth-order valence-corrected chi connectivity index (χ4v) is 3.98. The molecule has 3 aromatic rings. The van der Waals surface area contributed by atoms with Crippen LogP contribution in [-0.2, 0) is 28.0 Å². The number of carbonyl (C=O) groups is 3. The van der Waals surface area contributed by atoms with E-state index in [1.165, 1.54) is 0 Å². The predicted molar refractivity (Wildman–Crippen MR) is 123 cm³/mol. The zero-order chi connectivity index (χ0) is 22.6. The van der Waals surface area contributed by atoms with E-state index in [4.69, 9.17) is 0 Å². The Balaban J connectivity index is 1.57. The van der Waals surface area contributed by atoms with Gasteiger partial charge < -0.3 is 10.6 Å². The van der Waals surface area contributed by atoms with Crippen molar-refractivity contribution in [1.29, 1.82) is 0 Å². The van der Waals surface area contributed by atoms with Crippen molar-refractivity contribution in [3.05, 3.63) is 102 Å². The van der Waals surface area contributed by atoms with Crippen molar-refractivity contribution in [3.8, 4) is 0 Å². The molecule has 1 fully saturated rings. The Bertz CT molecular complexity index is 1110. The van der Waals surface area contributed by atoms with E-state index in [9.17, 15) is 14.4 Å². The molecule has 6 heteroatoms. The minimum absolute atomic E-state index is 0.291. The quantitative estimate of drug-likeness (QED) is 0.562. The molecule has 1 aliphatic heterocycles. The lowest BCUT2D eigenvalue weighted by Gasteiger charge is -2.27. The molecule has 6 nitrogen and oxygen atoms in total. The lowest BCUT2D eigenvalue weighted by atomic mass is 9.83. The van der Waals surface area contributed by atoms with Gasteiger partial charge in [-0.1, -0.05) is 79.7 Å². The Morgan fingerprint density at radius 3 is 2.12 bits per heavy atom. The van der Waals surface area contributed by atoms with Crippen LogP contribution in [-0.4, -0.2) is 29.3 Å². The first-order chi connectivity index (χ1) is 15.5. The number of hydrogen-bond acceptors (Lipinski definition) is 3. The molecule has 1 saturated heterocycles. The van der Waals surface area contributed by atoms with Crippen LogP contribution in [0.15, 0.2) is 84.9 Å². The molecule has 1 atom stereocenters. The van der Waals surface area contributed by atoms with Crippen molar-refractivity contribution in [3.63, 3.8) is 0 Å². The normalized spacial score (nSPS) is 17.8. The van der Waals surface area contributed by atoms with Gasteiger partial charge in [0.1, 0.15) is 6.54 Å². The number of nitrogens with zero attached hydrogens (tertiary/aromatic N) is 1. The number of aryl methyl sites for hydroxylation is 1. The summed E-state index contributed by atoms with van der Waals surface area (Å²) in [5.74, 6) is -0.865. The summed E-state index contributed by atoms with van der Waals surface area (Å²) < 4.78 is 0. The van der Waals surface area contributed by atoms with Crippen LogP contribution in [0.1, 0.15) is 23.6 Å². The van der Waals surface area contributed by atoms with Gasteiger partial charge >= 0.3 is 6.03 Å². The van der Waals surface area contributed by atoms with Gasteiger partial charge in [-0.2, -0.15) is 0 Å². The minimum atomic E-state index is -1.26. The maximum atomic E-state index is 13.6. The van der Waals surface area contributed by atoms with Gasteiger partial charge in [-0.3, -0.25) is 14.5 Å². The van der Waals surface area contributed by atoms with Crippen LogP contribution in [0, 0.1) is 0 Å². The molecule has 4 amide bonds. The number of amides is 4. The zero-order valence-electron chi connectivity index (χ0n) is 17.9. The molecule has 2 N–H and O–H groups in total. The molecular formula is C26H25N3O3. The van der Waals surface area contributed by atoms with Crippen LogP contribution >= 0.6 is 0 Å². The lowest BCUT2D eigenvalue weighted by Crippen LogP contribution is -2.46. The maximum Gasteiger partial charge on any atom is 0.325 e. The van der Waals surface area contributed by atoms with Gasteiger partial charge in [-0.25, -0.2) is 4.79 Å². The van der Waals surface area contributed by atoms with Crippen LogP contribution in [0.4, 0.5) is 10.5 Å². The molecule has 3 aromatic carbocycles. The third kappa shape index (κ3) is 4.25. The Morgan fingerprint density at radius 2 is 1.50 bits per heavy atom. The summed E-state index contributed by atoms with van der Waals surface area (Å²) in [4.78, 5) is 40.1. The van der Waals surface area contributed by atoms with Crippen molar-refractivity contribution in [2.75, 3.05) is 11.9 Å². The summed E-state index contributed by atoms with van der Waals surface area (Å²) in [6.07, 6.45) is 1.19. The van der Waals surface area contributed by atoms with Gasteiger partial charge in [0.15, 0.2) is 5.54 Å².